The Morgan fingerprint density at radius 2 is 2.00 bits per heavy atom. The molecule has 2 rings (SSSR count). The van der Waals surface area contributed by atoms with Crippen molar-refractivity contribution in [3.63, 3.8) is 0 Å². The third kappa shape index (κ3) is 6.81. The van der Waals surface area contributed by atoms with Gasteiger partial charge in [0.2, 0.25) is 5.91 Å². The van der Waals surface area contributed by atoms with E-state index in [0.717, 1.165) is 51.6 Å². The van der Waals surface area contributed by atoms with Gasteiger partial charge in [0, 0.05) is 36.7 Å². The fourth-order valence-electron chi connectivity index (χ4n) is 2.34. The van der Waals surface area contributed by atoms with Crippen LogP contribution in [0.1, 0.15) is 18.4 Å². The summed E-state index contributed by atoms with van der Waals surface area (Å²) < 4.78 is 5.32. The highest BCUT2D eigenvalue weighted by molar-refractivity contribution is 7.99. The van der Waals surface area contributed by atoms with Crippen molar-refractivity contribution in [2.45, 2.75) is 24.7 Å². The van der Waals surface area contributed by atoms with Gasteiger partial charge in [-0.1, -0.05) is 17.7 Å². The first kappa shape index (κ1) is 17.3. The Morgan fingerprint density at radius 3 is 2.73 bits per heavy atom. The molecule has 4 nitrogen and oxygen atoms in total. The molecule has 0 atom stereocenters. The van der Waals surface area contributed by atoms with Crippen LogP contribution in [0, 0.1) is 6.92 Å². The van der Waals surface area contributed by atoms with Gasteiger partial charge < -0.3 is 10.1 Å². The molecule has 1 aromatic rings. The number of amides is 1. The molecule has 1 heterocycles. The molecule has 0 aromatic heterocycles. The SMILES string of the molecule is Cc1ccc(SCCC(=O)NCCCN2CCOCC2)cc1. The van der Waals surface area contributed by atoms with Gasteiger partial charge in [-0.3, -0.25) is 9.69 Å². The number of hydrogen-bond acceptors (Lipinski definition) is 4. The summed E-state index contributed by atoms with van der Waals surface area (Å²) in [6, 6.07) is 8.43. The van der Waals surface area contributed by atoms with Crippen LogP contribution in [0.3, 0.4) is 0 Å². The minimum absolute atomic E-state index is 0.154. The summed E-state index contributed by atoms with van der Waals surface area (Å²) in [5, 5.41) is 3.01. The maximum atomic E-state index is 11.8. The first-order valence-corrected chi connectivity index (χ1v) is 8.99. The minimum atomic E-state index is 0.154. The van der Waals surface area contributed by atoms with Crippen molar-refractivity contribution in [1.82, 2.24) is 10.2 Å². The van der Waals surface area contributed by atoms with Gasteiger partial charge in [0.1, 0.15) is 0 Å². The van der Waals surface area contributed by atoms with Crippen LogP contribution in [0.4, 0.5) is 0 Å². The van der Waals surface area contributed by atoms with Crippen LogP contribution in [0.5, 0.6) is 0 Å². The fourth-order valence-corrected chi connectivity index (χ4v) is 3.19. The molecule has 22 heavy (non-hydrogen) atoms. The lowest BCUT2D eigenvalue weighted by molar-refractivity contribution is -0.120. The van der Waals surface area contributed by atoms with Crippen molar-refractivity contribution in [1.29, 1.82) is 0 Å². The van der Waals surface area contributed by atoms with Crippen molar-refractivity contribution >= 4 is 17.7 Å². The lowest BCUT2D eigenvalue weighted by Gasteiger charge is -2.26. The van der Waals surface area contributed by atoms with E-state index >= 15 is 0 Å². The van der Waals surface area contributed by atoms with Gasteiger partial charge in [-0.2, -0.15) is 0 Å². The van der Waals surface area contributed by atoms with Gasteiger partial charge in [-0.15, -0.1) is 11.8 Å². The smallest absolute Gasteiger partial charge is 0.220 e. The topological polar surface area (TPSA) is 41.6 Å². The number of hydrogen-bond donors (Lipinski definition) is 1. The normalized spacial score (nSPS) is 15.7. The third-order valence-electron chi connectivity index (χ3n) is 3.70. The molecular weight excluding hydrogens is 296 g/mol. The Morgan fingerprint density at radius 1 is 1.27 bits per heavy atom. The predicted octanol–water partition coefficient (Wildman–Crippen LogP) is 2.32. The van der Waals surface area contributed by atoms with E-state index in [2.05, 4.69) is 41.4 Å². The molecule has 0 unspecified atom stereocenters. The molecule has 1 N–H and O–H groups in total. The lowest BCUT2D eigenvalue weighted by atomic mass is 10.2. The summed E-state index contributed by atoms with van der Waals surface area (Å²) in [6.45, 7) is 7.60. The summed E-state index contributed by atoms with van der Waals surface area (Å²) in [6.07, 6.45) is 1.59. The van der Waals surface area contributed by atoms with E-state index in [4.69, 9.17) is 4.74 Å². The zero-order chi connectivity index (χ0) is 15.6. The Bertz CT molecular complexity index is 444. The van der Waals surface area contributed by atoms with E-state index in [1.165, 1.54) is 10.5 Å². The Hall–Kier alpha value is -1.04. The molecule has 1 saturated heterocycles. The maximum absolute atomic E-state index is 11.8. The number of carbonyl (C=O) groups is 1. The van der Waals surface area contributed by atoms with Crippen LogP contribution in [-0.2, 0) is 9.53 Å². The molecular formula is C17H26N2O2S. The van der Waals surface area contributed by atoms with Gasteiger partial charge in [0.25, 0.3) is 0 Å². The molecule has 1 aromatic carbocycles. The van der Waals surface area contributed by atoms with Crippen molar-refractivity contribution < 1.29 is 9.53 Å². The van der Waals surface area contributed by atoms with Gasteiger partial charge >= 0.3 is 0 Å². The van der Waals surface area contributed by atoms with E-state index in [9.17, 15) is 4.79 Å². The molecule has 0 aliphatic carbocycles. The van der Waals surface area contributed by atoms with Crippen LogP contribution in [-0.4, -0.2) is 56.0 Å². The number of aryl methyl sites for hydroxylation is 1. The summed E-state index contributed by atoms with van der Waals surface area (Å²) >= 11 is 1.74. The number of benzene rings is 1. The molecule has 0 saturated carbocycles. The summed E-state index contributed by atoms with van der Waals surface area (Å²) in [4.78, 5) is 15.4. The zero-order valence-corrected chi connectivity index (χ0v) is 14.2. The molecule has 0 radical (unpaired) electrons. The second kappa shape index (κ2) is 9.87. The second-order valence-electron chi connectivity index (χ2n) is 5.57. The van der Waals surface area contributed by atoms with Crippen molar-refractivity contribution in [2.75, 3.05) is 45.1 Å². The van der Waals surface area contributed by atoms with E-state index in [1.54, 1.807) is 11.8 Å². The van der Waals surface area contributed by atoms with Crippen LogP contribution in [0.2, 0.25) is 0 Å². The van der Waals surface area contributed by atoms with Gasteiger partial charge in [0.05, 0.1) is 13.2 Å². The standard InChI is InChI=1S/C17H26N2O2S/c1-15-3-5-16(6-4-15)22-14-7-17(20)18-8-2-9-19-10-12-21-13-11-19/h3-6H,2,7-14H2,1H3,(H,18,20). The number of carbonyl (C=O) groups excluding carboxylic acids is 1. The monoisotopic (exact) mass is 322 g/mol. The number of rotatable bonds is 8. The number of nitrogens with zero attached hydrogens (tertiary/aromatic N) is 1. The van der Waals surface area contributed by atoms with Crippen molar-refractivity contribution in [2.24, 2.45) is 0 Å². The van der Waals surface area contributed by atoms with Gasteiger partial charge in [0.15, 0.2) is 0 Å². The fraction of sp³-hybridized carbons (Fsp3) is 0.588. The van der Waals surface area contributed by atoms with Crippen LogP contribution in [0.15, 0.2) is 29.2 Å². The summed E-state index contributed by atoms with van der Waals surface area (Å²) in [5.41, 5.74) is 1.27. The highest BCUT2D eigenvalue weighted by atomic mass is 32.2. The lowest BCUT2D eigenvalue weighted by Crippen LogP contribution is -2.38. The molecule has 1 fully saturated rings. The van der Waals surface area contributed by atoms with E-state index in [-0.39, 0.29) is 5.91 Å². The Balaban J connectivity index is 1.49. The second-order valence-corrected chi connectivity index (χ2v) is 6.74. The number of nitrogens with one attached hydrogen (secondary N) is 1. The first-order valence-electron chi connectivity index (χ1n) is 8.00. The van der Waals surface area contributed by atoms with Gasteiger partial charge in [-0.05, 0) is 32.0 Å². The predicted molar refractivity (Wildman–Crippen MR) is 91.4 cm³/mol. The highest BCUT2D eigenvalue weighted by Crippen LogP contribution is 2.18. The molecule has 0 spiro atoms. The number of ether oxygens (including phenoxy) is 1. The van der Waals surface area contributed by atoms with E-state index in [0.29, 0.717) is 6.42 Å². The largest absolute Gasteiger partial charge is 0.379 e. The zero-order valence-electron chi connectivity index (χ0n) is 13.3. The quantitative estimate of drug-likeness (QED) is 0.589. The van der Waals surface area contributed by atoms with Crippen LogP contribution < -0.4 is 5.32 Å². The first-order chi connectivity index (χ1) is 10.7. The van der Waals surface area contributed by atoms with Crippen molar-refractivity contribution in [3.05, 3.63) is 29.8 Å². The minimum Gasteiger partial charge on any atom is -0.379 e. The molecule has 5 heteroatoms. The Kier molecular flexibility index (Phi) is 7.77. The van der Waals surface area contributed by atoms with E-state index in [1.807, 2.05) is 0 Å². The average Bonchev–Trinajstić information content (AvgIpc) is 2.54. The van der Waals surface area contributed by atoms with Crippen molar-refractivity contribution in [3.8, 4) is 0 Å². The van der Waals surface area contributed by atoms with E-state index < -0.39 is 0 Å². The number of thioether (sulfide) groups is 1. The summed E-state index contributed by atoms with van der Waals surface area (Å²) in [5.74, 6) is 0.986. The summed E-state index contributed by atoms with van der Waals surface area (Å²) in [7, 11) is 0. The van der Waals surface area contributed by atoms with Crippen LogP contribution in [0.25, 0.3) is 0 Å². The molecule has 1 amide bonds. The van der Waals surface area contributed by atoms with Crippen LogP contribution >= 0.6 is 11.8 Å². The van der Waals surface area contributed by atoms with Gasteiger partial charge in [-0.25, -0.2) is 0 Å². The maximum Gasteiger partial charge on any atom is 0.220 e. The Labute approximate surface area is 137 Å². The molecule has 0 bridgehead atoms. The highest BCUT2D eigenvalue weighted by Gasteiger charge is 2.09. The number of morpholine rings is 1. The molecule has 1 aliphatic heterocycles. The average molecular weight is 322 g/mol. The third-order valence-corrected chi connectivity index (χ3v) is 4.71. The molecule has 1 aliphatic rings. The molecule has 122 valence electrons.